The minimum atomic E-state index is -1.46. The van der Waals surface area contributed by atoms with E-state index in [1.165, 1.54) is 20.3 Å². The van der Waals surface area contributed by atoms with Gasteiger partial charge in [-0.25, -0.2) is 0 Å². The van der Waals surface area contributed by atoms with Crippen LogP contribution in [0.3, 0.4) is 0 Å². The first-order chi connectivity index (χ1) is 17.2. The van der Waals surface area contributed by atoms with Crippen molar-refractivity contribution in [1.82, 2.24) is 0 Å². The molecule has 0 saturated carbocycles. The first-order valence-electron chi connectivity index (χ1n) is 11.9. The molecule has 0 radical (unpaired) electrons. The number of phenolic OH excluding ortho intramolecular Hbond substituents is 2. The molecule has 8 atom stereocenters. The molecule has 1 aliphatic carbocycles. The highest BCUT2D eigenvalue weighted by atomic mass is 16.7. The van der Waals surface area contributed by atoms with E-state index in [-0.39, 0.29) is 42.3 Å². The molecule has 0 spiro atoms. The van der Waals surface area contributed by atoms with Crippen molar-refractivity contribution in [2.24, 2.45) is 11.8 Å². The molecule has 0 amide bonds. The van der Waals surface area contributed by atoms with Gasteiger partial charge in [0.2, 0.25) is 0 Å². The number of methoxy groups -OCH3 is 2. The molecular formula is C26H34O10. The molecule has 36 heavy (non-hydrogen) atoms. The zero-order valence-corrected chi connectivity index (χ0v) is 20.4. The van der Waals surface area contributed by atoms with Crippen molar-refractivity contribution in [2.75, 3.05) is 27.4 Å². The van der Waals surface area contributed by atoms with Crippen LogP contribution in [0.25, 0.3) is 0 Å². The Morgan fingerprint density at radius 1 is 0.917 bits per heavy atom. The van der Waals surface area contributed by atoms with Gasteiger partial charge in [0.15, 0.2) is 29.3 Å². The fraction of sp³-hybridized carbons (Fsp3) is 0.538. The summed E-state index contributed by atoms with van der Waals surface area (Å²) in [6, 6.07) is 8.35. The quantitative estimate of drug-likeness (QED) is 0.318. The van der Waals surface area contributed by atoms with Crippen molar-refractivity contribution in [3.63, 3.8) is 0 Å². The third kappa shape index (κ3) is 4.84. The maximum atomic E-state index is 10.6. The summed E-state index contributed by atoms with van der Waals surface area (Å²) in [5.41, 5.74) is 2.45. The predicted octanol–water partition coefficient (Wildman–Crippen LogP) is 0.872. The lowest BCUT2D eigenvalue weighted by Crippen LogP contribution is -2.57. The number of aromatic hydroxyl groups is 2. The molecular weight excluding hydrogens is 472 g/mol. The van der Waals surface area contributed by atoms with Gasteiger partial charge >= 0.3 is 0 Å². The normalized spacial score (nSPS) is 32.1. The van der Waals surface area contributed by atoms with Crippen molar-refractivity contribution in [3.8, 4) is 23.0 Å². The average molecular weight is 507 g/mol. The van der Waals surface area contributed by atoms with Crippen LogP contribution in [0.4, 0.5) is 0 Å². The van der Waals surface area contributed by atoms with Crippen molar-refractivity contribution in [1.29, 1.82) is 0 Å². The molecule has 1 saturated heterocycles. The van der Waals surface area contributed by atoms with Crippen LogP contribution in [-0.2, 0) is 15.9 Å². The number of hydrogen-bond acceptors (Lipinski definition) is 10. The number of hydrogen-bond donors (Lipinski definition) is 6. The lowest BCUT2D eigenvalue weighted by Gasteiger charge is -2.42. The lowest BCUT2D eigenvalue weighted by atomic mass is 9.67. The van der Waals surface area contributed by atoms with Gasteiger partial charge in [-0.2, -0.15) is 0 Å². The number of aliphatic hydroxyl groups is 4. The molecule has 1 fully saturated rings. The summed E-state index contributed by atoms with van der Waals surface area (Å²) in [6.07, 6.45) is -5.59. The van der Waals surface area contributed by atoms with Gasteiger partial charge in [0.1, 0.15) is 18.3 Å². The van der Waals surface area contributed by atoms with E-state index in [1.54, 1.807) is 31.2 Å². The second-order valence-electron chi connectivity index (χ2n) is 9.46. The molecule has 0 bridgehead atoms. The van der Waals surface area contributed by atoms with Crippen LogP contribution in [0, 0.1) is 11.8 Å². The Labute approximate surface area is 209 Å². The highest BCUT2D eigenvalue weighted by molar-refractivity contribution is 5.53. The van der Waals surface area contributed by atoms with E-state index in [9.17, 15) is 30.6 Å². The Kier molecular flexibility index (Phi) is 7.93. The molecule has 198 valence electrons. The SMILES string of the molecule is COc1cc([C@H]2c3cc(O)c(OC)cc3C[C@@H](CO)[C@@H]2CO[C@@H]2O[C@@H](C)[C@H](O)[C@@H](O)[C@H]2O)ccc1O. The summed E-state index contributed by atoms with van der Waals surface area (Å²) in [7, 11) is 2.92. The molecule has 6 N–H and O–H groups in total. The summed E-state index contributed by atoms with van der Waals surface area (Å²) in [6.45, 7) is 1.45. The smallest absolute Gasteiger partial charge is 0.186 e. The van der Waals surface area contributed by atoms with E-state index in [0.717, 1.165) is 16.7 Å². The number of phenols is 2. The number of fused-ring (bicyclic) bond motifs is 1. The molecule has 1 aliphatic heterocycles. The summed E-state index contributed by atoms with van der Waals surface area (Å²) in [4.78, 5) is 0. The number of benzene rings is 2. The van der Waals surface area contributed by atoms with Gasteiger partial charge in [-0.05, 0) is 66.1 Å². The fourth-order valence-electron chi connectivity index (χ4n) is 5.30. The van der Waals surface area contributed by atoms with Crippen LogP contribution in [0.1, 0.15) is 29.5 Å². The van der Waals surface area contributed by atoms with Crippen LogP contribution in [0.2, 0.25) is 0 Å². The Bertz CT molecular complexity index is 1060. The van der Waals surface area contributed by atoms with E-state index in [2.05, 4.69) is 0 Å². The van der Waals surface area contributed by atoms with Gasteiger partial charge < -0.3 is 49.6 Å². The number of ether oxygens (including phenoxy) is 4. The lowest BCUT2D eigenvalue weighted by molar-refractivity contribution is -0.296. The fourth-order valence-corrected chi connectivity index (χ4v) is 5.30. The van der Waals surface area contributed by atoms with E-state index >= 15 is 0 Å². The minimum Gasteiger partial charge on any atom is -0.504 e. The zero-order chi connectivity index (χ0) is 26.1. The topological polar surface area (TPSA) is 158 Å². The van der Waals surface area contributed by atoms with Gasteiger partial charge in [0.05, 0.1) is 26.9 Å². The van der Waals surface area contributed by atoms with E-state index in [1.807, 2.05) is 0 Å². The Morgan fingerprint density at radius 3 is 2.28 bits per heavy atom. The Morgan fingerprint density at radius 2 is 1.61 bits per heavy atom. The van der Waals surface area contributed by atoms with Crippen LogP contribution in [0.15, 0.2) is 30.3 Å². The molecule has 4 rings (SSSR count). The van der Waals surface area contributed by atoms with Gasteiger partial charge in [-0.15, -0.1) is 0 Å². The van der Waals surface area contributed by atoms with Crippen LogP contribution in [-0.4, -0.2) is 88.8 Å². The van der Waals surface area contributed by atoms with Gasteiger partial charge in [-0.3, -0.25) is 0 Å². The minimum absolute atomic E-state index is 0.0263. The Balaban J connectivity index is 1.73. The summed E-state index contributed by atoms with van der Waals surface area (Å²) < 4.78 is 22.2. The zero-order valence-electron chi connectivity index (χ0n) is 20.4. The molecule has 0 unspecified atom stereocenters. The average Bonchev–Trinajstić information content (AvgIpc) is 2.88. The standard InChI is InChI=1S/C26H34O10/c1-12-23(30)24(31)25(32)26(36-12)35-11-17-15(10-27)6-14-8-21(34-3)19(29)9-16(14)22(17)13-4-5-18(28)20(7-13)33-2/h4-5,7-9,12,15,17,22-32H,6,10-11H2,1-3H3/t12-,15-,17-,22-,23-,24+,25+,26+/m0/s1. The third-order valence-corrected chi connectivity index (χ3v) is 7.35. The monoisotopic (exact) mass is 506 g/mol. The summed E-state index contributed by atoms with van der Waals surface area (Å²) in [5, 5.41) is 61.6. The second-order valence-corrected chi connectivity index (χ2v) is 9.46. The van der Waals surface area contributed by atoms with Crippen molar-refractivity contribution >= 4 is 0 Å². The molecule has 0 aromatic heterocycles. The van der Waals surface area contributed by atoms with E-state index < -0.39 is 36.6 Å². The molecule has 2 aliphatic rings. The predicted molar refractivity (Wildman–Crippen MR) is 127 cm³/mol. The van der Waals surface area contributed by atoms with Gasteiger partial charge in [0, 0.05) is 12.5 Å². The number of rotatable bonds is 7. The maximum absolute atomic E-state index is 10.6. The van der Waals surface area contributed by atoms with Gasteiger partial charge in [-0.1, -0.05) is 6.07 Å². The first kappa shape index (κ1) is 26.5. The molecule has 1 heterocycles. The molecule has 2 aromatic carbocycles. The summed E-state index contributed by atoms with van der Waals surface area (Å²) >= 11 is 0. The number of aliphatic hydroxyl groups excluding tert-OH is 4. The van der Waals surface area contributed by atoms with Crippen LogP contribution < -0.4 is 9.47 Å². The Hall–Kier alpha value is -2.60. The first-order valence-corrected chi connectivity index (χ1v) is 11.9. The molecule has 10 heteroatoms. The van der Waals surface area contributed by atoms with E-state index in [4.69, 9.17) is 18.9 Å². The molecule has 2 aromatic rings. The van der Waals surface area contributed by atoms with Crippen molar-refractivity contribution < 1.29 is 49.6 Å². The van der Waals surface area contributed by atoms with Crippen molar-refractivity contribution in [2.45, 2.75) is 50.0 Å². The summed E-state index contributed by atoms with van der Waals surface area (Å²) in [5.74, 6) is -0.486. The van der Waals surface area contributed by atoms with Gasteiger partial charge in [0.25, 0.3) is 0 Å². The second kappa shape index (κ2) is 10.8. The highest BCUT2D eigenvalue weighted by Crippen LogP contribution is 2.48. The van der Waals surface area contributed by atoms with E-state index in [0.29, 0.717) is 12.2 Å². The third-order valence-electron chi connectivity index (χ3n) is 7.35. The van der Waals surface area contributed by atoms with Crippen LogP contribution >= 0.6 is 0 Å². The molecule has 10 nitrogen and oxygen atoms in total. The highest BCUT2D eigenvalue weighted by Gasteiger charge is 2.44. The van der Waals surface area contributed by atoms with Crippen LogP contribution in [0.5, 0.6) is 23.0 Å². The largest absolute Gasteiger partial charge is 0.504 e. The maximum Gasteiger partial charge on any atom is 0.186 e. The van der Waals surface area contributed by atoms with Crippen molar-refractivity contribution in [3.05, 3.63) is 47.0 Å².